The Labute approximate surface area is 82.5 Å². The van der Waals surface area contributed by atoms with Crippen molar-refractivity contribution >= 4 is 0 Å². The quantitative estimate of drug-likeness (QED) is 0.674. The molecule has 1 aromatic carbocycles. The van der Waals surface area contributed by atoms with Gasteiger partial charge in [0.05, 0.1) is 5.56 Å². The first-order chi connectivity index (χ1) is 6.92. The van der Waals surface area contributed by atoms with Crippen molar-refractivity contribution in [2.75, 3.05) is 0 Å². The van der Waals surface area contributed by atoms with Crippen LogP contribution in [0.15, 0.2) is 42.7 Å². The summed E-state index contributed by atoms with van der Waals surface area (Å²) < 4.78 is 0. The fraction of sp³-hybridized carbons (Fsp3) is 0. The third kappa shape index (κ3) is 1.48. The average molecular weight is 179 g/mol. The summed E-state index contributed by atoms with van der Waals surface area (Å²) in [5.41, 5.74) is 2.48. The van der Waals surface area contributed by atoms with Gasteiger partial charge in [0, 0.05) is 18.0 Å². The maximum Gasteiger partial charge on any atom is 0.101 e. The second kappa shape index (κ2) is 3.71. The van der Waals surface area contributed by atoms with E-state index in [4.69, 9.17) is 5.26 Å². The second-order valence-electron chi connectivity index (χ2n) is 2.83. The maximum atomic E-state index is 8.88. The molecule has 14 heavy (non-hydrogen) atoms. The van der Waals surface area contributed by atoms with Crippen LogP contribution in [0.5, 0.6) is 0 Å². The molecule has 0 saturated heterocycles. The van der Waals surface area contributed by atoms with Crippen molar-refractivity contribution in [1.82, 2.24) is 4.98 Å². The largest absolute Gasteiger partial charge is 0.263 e. The summed E-state index contributed by atoms with van der Waals surface area (Å²) >= 11 is 0. The molecule has 0 saturated carbocycles. The van der Waals surface area contributed by atoms with Crippen molar-refractivity contribution in [2.24, 2.45) is 0 Å². The van der Waals surface area contributed by atoms with Gasteiger partial charge in [0.2, 0.25) is 0 Å². The van der Waals surface area contributed by atoms with E-state index in [9.17, 15) is 0 Å². The van der Waals surface area contributed by atoms with E-state index in [0.29, 0.717) is 5.56 Å². The van der Waals surface area contributed by atoms with Gasteiger partial charge in [-0.25, -0.2) is 0 Å². The van der Waals surface area contributed by atoms with Crippen LogP contribution in [0.3, 0.4) is 0 Å². The van der Waals surface area contributed by atoms with Crippen molar-refractivity contribution in [3.63, 3.8) is 0 Å². The van der Waals surface area contributed by atoms with Gasteiger partial charge in [-0.3, -0.25) is 4.98 Å². The number of nitriles is 1. The molecular formula is C12H7N2. The molecule has 1 radical (unpaired) electrons. The first kappa shape index (κ1) is 8.46. The van der Waals surface area contributed by atoms with Crippen molar-refractivity contribution in [3.8, 4) is 17.2 Å². The van der Waals surface area contributed by atoms with Gasteiger partial charge in [-0.2, -0.15) is 5.26 Å². The Morgan fingerprint density at radius 1 is 1.36 bits per heavy atom. The molecule has 65 valence electrons. The lowest BCUT2D eigenvalue weighted by molar-refractivity contribution is 1.30. The zero-order chi connectivity index (χ0) is 9.80. The van der Waals surface area contributed by atoms with E-state index in [1.807, 2.05) is 30.3 Å². The first-order valence-electron chi connectivity index (χ1n) is 4.22. The summed E-state index contributed by atoms with van der Waals surface area (Å²) in [7, 11) is 0. The Balaban J connectivity index is 2.58. The van der Waals surface area contributed by atoms with Crippen LogP contribution in [0, 0.1) is 17.4 Å². The number of hydrogen-bond acceptors (Lipinski definition) is 2. The molecule has 0 fully saturated rings. The molecule has 2 nitrogen and oxygen atoms in total. The molecule has 1 aromatic heterocycles. The molecule has 0 spiro atoms. The van der Waals surface area contributed by atoms with Crippen molar-refractivity contribution in [3.05, 3.63) is 54.4 Å². The zero-order valence-electron chi connectivity index (χ0n) is 7.44. The number of rotatable bonds is 1. The highest BCUT2D eigenvalue weighted by Crippen LogP contribution is 2.21. The van der Waals surface area contributed by atoms with Gasteiger partial charge >= 0.3 is 0 Å². The number of aromatic nitrogens is 1. The molecule has 0 aliphatic rings. The fourth-order valence-corrected chi connectivity index (χ4v) is 1.30. The van der Waals surface area contributed by atoms with Gasteiger partial charge < -0.3 is 0 Å². The van der Waals surface area contributed by atoms with E-state index in [1.54, 1.807) is 12.4 Å². The minimum atomic E-state index is 0.590. The van der Waals surface area contributed by atoms with Crippen LogP contribution in [0.4, 0.5) is 0 Å². The molecule has 0 N–H and O–H groups in total. The number of pyridine rings is 1. The van der Waals surface area contributed by atoms with E-state index in [0.717, 1.165) is 11.1 Å². The molecule has 2 aromatic rings. The Kier molecular flexibility index (Phi) is 2.24. The van der Waals surface area contributed by atoms with E-state index < -0.39 is 0 Å². The van der Waals surface area contributed by atoms with Gasteiger partial charge in [-0.1, -0.05) is 18.2 Å². The minimum Gasteiger partial charge on any atom is -0.263 e. The Hall–Kier alpha value is -2.14. The third-order valence-electron chi connectivity index (χ3n) is 1.96. The molecule has 1 heterocycles. The summed E-state index contributed by atoms with van der Waals surface area (Å²) in [6.07, 6.45) is 3.26. The lowest BCUT2D eigenvalue weighted by Gasteiger charge is -2.01. The van der Waals surface area contributed by atoms with E-state index in [-0.39, 0.29) is 0 Å². The van der Waals surface area contributed by atoms with E-state index >= 15 is 0 Å². The number of benzene rings is 1. The minimum absolute atomic E-state index is 0.590. The van der Waals surface area contributed by atoms with Crippen molar-refractivity contribution < 1.29 is 0 Å². The predicted octanol–water partition coefficient (Wildman–Crippen LogP) is 2.42. The van der Waals surface area contributed by atoms with Crippen LogP contribution < -0.4 is 0 Å². The second-order valence-corrected chi connectivity index (χ2v) is 2.83. The molecule has 0 unspecified atom stereocenters. The molecule has 0 aliphatic heterocycles. The van der Waals surface area contributed by atoms with Crippen LogP contribution in [-0.2, 0) is 0 Å². The van der Waals surface area contributed by atoms with Crippen molar-refractivity contribution in [1.29, 1.82) is 5.26 Å². The summed E-state index contributed by atoms with van der Waals surface area (Å²) in [5, 5.41) is 8.88. The van der Waals surface area contributed by atoms with E-state index in [2.05, 4.69) is 17.1 Å². The Bertz CT molecular complexity index is 469. The summed E-state index contributed by atoms with van der Waals surface area (Å²) in [4.78, 5) is 3.91. The maximum absolute atomic E-state index is 8.88. The molecule has 2 rings (SSSR count). The molecule has 0 bridgehead atoms. The van der Waals surface area contributed by atoms with Gasteiger partial charge in [0.25, 0.3) is 0 Å². The van der Waals surface area contributed by atoms with Gasteiger partial charge in [-0.15, -0.1) is 0 Å². The topological polar surface area (TPSA) is 36.7 Å². The van der Waals surface area contributed by atoms with Crippen LogP contribution in [-0.4, -0.2) is 4.98 Å². The third-order valence-corrected chi connectivity index (χ3v) is 1.96. The lowest BCUT2D eigenvalue weighted by Crippen LogP contribution is -1.84. The van der Waals surface area contributed by atoms with Crippen LogP contribution in [0.2, 0.25) is 0 Å². The fourth-order valence-electron chi connectivity index (χ4n) is 1.30. The highest BCUT2D eigenvalue weighted by molar-refractivity contribution is 5.69. The molecule has 2 heteroatoms. The van der Waals surface area contributed by atoms with Gasteiger partial charge in [-0.05, 0) is 23.8 Å². The normalized spacial score (nSPS) is 9.36. The first-order valence-corrected chi connectivity index (χ1v) is 4.22. The molecule has 0 aliphatic carbocycles. The van der Waals surface area contributed by atoms with Crippen molar-refractivity contribution in [2.45, 2.75) is 0 Å². The zero-order valence-corrected chi connectivity index (χ0v) is 7.44. The molecule has 0 atom stereocenters. The standard InChI is InChI=1S/C12H7N2/c13-8-11-9-14-7-6-12(11)10-4-2-1-3-5-10/h1-2,4-7,9H. The summed E-state index contributed by atoms with van der Waals surface area (Å²) in [6, 6.07) is 14.5. The smallest absolute Gasteiger partial charge is 0.101 e. The van der Waals surface area contributed by atoms with Crippen LogP contribution >= 0.6 is 0 Å². The molecular weight excluding hydrogens is 172 g/mol. The Morgan fingerprint density at radius 2 is 2.29 bits per heavy atom. The van der Waals surface area contributed by atoms with Gasteiger partial charge in [0.15, 0.2) is 0 Å². The summed E-state index contributed by atoms with van der Waals surface area (Å²) in [6.45, 7) is 0. The summed E-state index contributed by atoms with van der Waals surface area (Å²) in [5.74, 6) is 0. The SMILES string of the molecule is N#Cc1cnccc1-c1c[c]ccc1. The van der Waals surface area contributed by atoms with Gasteiger partial charge in [0.1, 0.15) is 6.07 Å². The average Bonchev–Trinajstić information content (AvgIpc) is 2.30. The predicted molar refractivity (Wildman–Crippen MR) is 53.2 cm³/mol. The highest BCUT2D eigenvalue weighted by Gasteiger charge is 2.02. The van der Waals surface area contributed by atoms with Crippen LogP contribution in [0.1, 0.15) is 5.56 Å². The lowest BCUT2D eigenvalue weighted by atomic mass is 10.0. The Morgan fingerprint density at radius 3 is 3.00 bits per heavy atom. The molecule has 0 amide bonds. The highest BCUT2D eigenvalue weighted by atomic mass is 14.6. The van der Waals surface area contributed by atoms with Crippen LogP contribution in [0.25, 0.3) is 11.1 Å². The van der Waals surface area contributed by atoms with E-state index in [1.165, 1.54) is 0 Å². The monoisotopic (exact) mass is 179 g/mol. The number of hydrogen-bond donors (Lipinski definition) is 0. The number of nitrogens with zero attached hydrogens (tertiary/aromatic N) is 2.